The molecule has 1 heterocycles. The van der Waals surface area contributed by atoms with Gasteiger partial charge in [0.15, 0.2) is 0 Å². The Hall–Kier alpha value is -1.88. The Morgan fingerprint density at radius 2 is 2.21 bits per heavy atom. The van der Waals surface area contributed by atoms with Crippen LogP contribution in [0.3, 0.4) is 0 Å². The van der Waals surface area contributed by atoms with E-state index in [2.05, 4.69) is 26.2 Å². The highest BCUT2D eigenvalue weighted by Crippen LogP contribution is 2.20. The number of carbonyl (C=O) groups excluding carboxylic acids is 1. The van der Waals surface area contributed by atoms with Crippen LogP contribution in [0.1, 0.15) is 21.5 Å². The molecule has 0 bridgehead atoms. The number of aromatic nitrogens is 1. The lowest BCUT2D eigenvalue weighted by Gasteiger charge is -2.08. The number of carbonyl (C=O) groups is 1. The van der Waals surface area contributed by atoms with Gasteiger partial charge < -0.3 is 11.1 Å². The Morgan fingerprint density at radius 1 is 1.42 bits per heavy atom. The van der Waals surface area contributed by atoms with Gasteiger partial charge in [0, 0.05) is 34.7 Å². The Labute approximate surface area is 120 Å². The maximum absolute atomic E-state index is 12.0. The number of amides is 1. The van der Waals surface area contributed by atoms with E-state index in [4.69, 9.17) is 5.73 Å². The van der Waals surface area contributed by atoms with Crippen LogP contribution in [-0.2, 0) is 6.54 Å². The summed E-state index contributed by atoms with van der Waals surface area (Å²) in [7, 11) is 0. The number of anilines is 1. The predicted molar refractivity (Wildman–Crippen MR) is 78.7 cm³/mol. The number of aryl methyl sites for hydroxylation is 1. The van der Waals surface area contributed by atoms with Crippen LogP contribution in [-0.4, -0.2) is 10.9 Å². The van der Waals surface area contributed by atoms with Crippen LogP contribution in [0.4, 0.5) is 5.69 Å². The van der Waals surface area contributed by atoms with Crippen molar-refractivity contribution in [1.29, 1.82) is 0 Å². The zero-order chi connectivity index (χ0) is 13.8. The highest BCUT2D eigenvalue weighted by molar-refractivity contribution is 9.10. The third-order valence-corrected chi connectivity index (χ3v) is 3.56. The van der Waals surface area contributed by atoms with Gasteiger partial charge in [-0.05, 0) is 58.2 Å². The number of benzene rings is 1. The molecule has 0 aliphatic carbocycles. The maximum Gasteiger partial charge on any atom is 0.251 e. The van der Waals surface area contributed by atoms with Crippen LogP contribution in [0, 0.1) is 6.92 Å². The van der Waals surface area contributed by atoms with Crippen LogP contribution >= 0.6 is 15.9 Å². The number of rotatable bonds is 3. The van der Waals surface area contributed by atoms with E-state index in [-0.39, 0.29) is 5.91 Å². The standard InChI is InChI=1S/C14H14BrN3O/c1-9-7-17-5-4-11(9)8-18-14(19)10-2-3-12(15)13(16)6-10/h2-7H,8,16H2,1H3,(H,18,19). The molecule has 0 atom stereocenters. The molecule has 0 aliphatic heterocycles. The molecule has 1 aromatic heterocycles. The van der Waals surface area contributed by atoms with Crippen molar-refractivity contribution in [3.63, 3.8) is 0 Å². The molecule has 2 aromatic rings. The van der Waals surface area contributed by atoms with E-state index in [1.807, 2.05) is 13.0 Å². The fourth-order valence-electron chi connectivity index (χ4n) is 1.66. The monoisotopic (exact) mass is 319 g/mol. The summed E-state index contributed by atoms with van der Waals surface area (Å²) in [6.07, 6.45) is 3.49. The average molecular weight is 320 g/mol. The Balaban J connectivity index is 2.05. The number of nitrogens with one attached hydrogen (secondary N) is 1. The zero-order valence-electron chi connectivity index (χ0n) is 10.5. The summed E-state index contributed by atoms with van der Waals surface area (Å²) in [6.45, 7) is 2.44. The van der Waals surface area contributed by atoms with E-state index in [1.165, 1.54) is 0 Å². The summed E-state index contributed by atoms with van der Waals surface area (Å²) in [6, 6.07) is 7.04. The molecule has 0 saturated heterocycles. The minimum absolute atomic E-state index is 0.143. The summed E-state index contributed by atoms with van der Waals surface area (Å²) in [5.74, 6) is -0.143. The van der Waals surface area contributed by atoms with Gasteiger partial charge in [-0.3, -0.25) is 9.78 Å². The second-order valence-electron chi connectivity index (χ2n) is 4.22. The highest BCUT2D eigenvalue weighted by Gasteiger charge is 2.07. The molecule has 0 fully saturated rings. The molecule has 19 heavy (non-hydrogen) atoms. The lowest BCUT2D eigenvalue weighted by atomic mass is 10.1. The molecule has 0 spiro atoms. The SMILES string of the molecule is Cc1cnccc1CNC(=O)c1ccc(Br)c(N)c1. The van der Waals surface area contributed by atoms with Gasteiger partial charge in [0.05, 0.1) is 0 Å². The number of nitrogens with zero attached hydrogens (tertiary/aromatic N) is 1. The predicted octanol–water partition coefficient (Wildman–Crippen LogP) is 2.66. The third kappa shape index (κ3) is 3.32. The summed E-state index contributed by atoms with van der Waals surface area (Å²) in [5, 5.41) is 2.87. The van der Waals surface area contributed by atoms with E-state index in [9.17, 15) is 4.79 Å². The van der Waals surface area contributed by atoms with Crippen LogP contribution in [0.2, 0.25) is 0 Å². The van der Waals surface area contributed by atoms with Crippen LogP contribution in [0.25, 0.3) is 0 Å². The number of nitrogens with two attached hydrogens (primary N) is 1. The maximum atomic E-state index is 12.0. The molecule has 5 heteroatoms. The Kier molecular flexibility index (Phi) is 4.16. The van der Waals surface area contributed by atoms with Crippen molar-refractivity contribution in [2.75, 3.05) is 5.73 Å². The molecule has 0 unspecified atom stereocenters. The van der Waals surface area contributed by atoms with Crippen LogP contribution in [0.15, 0.2) is 41.1 Å². The van der Waals surface area contributed by atoms with Gasteiger partial charge >= 0.3 is 0 Å². The van der Waals surface area contributed by atoms with Crippen LogP contribution < -0.4 is 11.1 Å². The Bertz CT molecular complexity index is 613. The highest BCUT2D eigenvalue weighted by atomic mass is 79.9. The van der Waals surface area contributed by atoms with Gasteiger partial charge in [-0.15, -0.1) is 0 Å². The number of halogens is 1. The number of pyridine rings is 1. The lowest BCUT2D eigenvalue weighted by Crippen LogP contribution is -2.23. The topological polar surface area (TPSA) is 68.0 Å². The molecule has 4 nitrogen and oxygen atoms in total. The number of nitrogen functional groups attached to an aromatic ring is 1. The largest absolute Gasteiger partial charge is 0.398 e. The first-order chi connectivity index (χ1) is 9.08. The van der Waals surface area contributed by atoms with E-state index in [0.29, 0.717) is 17.8 Å². The van der Waals surface area contributed by atoms with Crippen molar-refractivity contribution < 1.29 is 4.79 Å². The van der Waals surface area contributed by atoms with Gasteiger partial charge in [0.1, 0.15) is 0 Å². The summed E-state index contributed by atoms with van der Waals surface area (Å²) in [5.41, 5.74) is 8.96. The van der Waals surface area contributed by atoms with Crippen molar-refractivity contribution >= 4 is 27.5 Å². The van der Waals surface area contributed by atoms with Crippen molar-refractivity contribution in [1.82, 2.24) is 10.3 Å². The van der Waals surface area contributed by atoms with E-state index in [1.54, 1.807) is 30.6 Å². The quantitative estimate of drug-likeness (QED) is 0.855. The molecule has 0 saturated carbocycles. The zero-order valence-corrected chi connectivity index (χ0v) is 12.1. The van der Waals surface area contributed by atoms with Crippen molar-refractivity contribution in [2.24, 2.45) is 0 Å². The van der Waals surface area contributed by atoms with Gasteiger partial charge in [-0.1, -0.05) is 0 Å². The first kappa shape index (κ1) is 13.5. The van der Waals surface area contributed by atoms with E-state index >= 15 is 0 Å². The van der Waals surface area contributed by atoms with Crippen molar-refractivity contribution in [2.45, 2.75) is 13.5 Å². The average Bonchev–Trinajstić information content (AvgIpc) is 2.40. The molecule has 3 N–H and O–H groups in total. The summed E-state index contributed by atoms with van der Waals surface area (Å²) < 4.78 is 0.786. The molecule has 98 valence electrons. The normalized spacial score (nSPS) is 10.2. The fourth-order valence-corrected chi connectivity index (χ4v) is 1.91. The van der Waals surface area contributed by atoms with Gasteiger partial charge in [0.2, 0.25) is 0 Å². The summed E-state index contributed by atoms with van der Waals surface area (Å²) >= 11 is 3.30. The van der Waals surface area contributed by atoms with E-state index in [0.717, 1.165) is 15.6 Å². The first-order valence-corrected chi connectivity index (χ1v) is 6.60. The van der Waals surface area contributed by atoms with Crippen LogP contribution in [0.5, 0.6) is 0 Å². The molecular formula is C14H14BrN3O. The minimum Gasteiger partial charge on any atom is -0.398 e. The van der Waals surface area contributed by atoms with E-state index < -0.39 is 0 Å². The summed E-state index contributed by atoms with van der Waals surface area (Å²) in [4.78, 5) is 16.0. The number of hydrogen-bond donors (Lipinski definition) is 2. The molecule has 0 radical (unpaired) electrons. The van der Waals surface area contributed by atoms with Gasteiger partial charge in [-0.25, -0.2) is 0 Å². The second-order valence-corrected chi connectivity index (χ2v) is 5.08. The third-order valence-electron chi connectivity index (χ3n) is 2.83. The molecule has 1 amide bonds. The fraction of sp³-hybridized carbons (Fsp3) is 0.143. The second kappa shape index (κ2) is 5.84. The first-order valence-electron chi connectivity index (χ1n) is 5.80. The smallest absolute Gasteiger partial charge is 0.251 e. The molecule has 0 aliphatic rings. The lowest BCUT2D eigenvalue weighted by molar-refractivity contribution is 0.0951. The van der Waals surface area contributed by atoms with Crippen molar-refractivity contribution in [3.8, 4) is 0 Å². The molecule has 1 aromatic carbocycles. The van der Waals surface area contributed by atoms with Gasteiger partial charge in [0.25, 0.3) is 5.91 Å². The molecule has 2 rings (SSSR count). The van der Waals surface area contributed by atoms with Crippen molar-refractivity contribution in [3.05, 3.63) is 57.8 Å². The molecular weight excluding hydrogens is 306 g/mol. The number of hydrogen-bond acceptors (Lipinski definition) is 3. The Morgan fingerprint density at radius 3 is 2.89 bits per heavy atom. The minimum atomic E-state index is -0.143. The van der Waals surface area contributed by atoms with Gasteiger partial charge in [-0.2, -0.15) is 0 Å².